The van der Waals surface area contributed by atoms with Gasteiger partial charge in [-0.1, -0.05) is 37.6 Å². The van der Waals surface area contributed by atoms with Gasteiger partial charge in [0.25, 0.3) is 0 Å². The predicted molar refractivity (Wildman–Crippen MR) is 121 cm³/mol. The summed E-state index contributed by atoms with van der Waals surface area (Å²) in [5.41, 5.74) is 2.89. The van der Waals surface area contributed by atoms with Gasteiger partial charge in [0.2, 0.25) is 0 Å². The molecule has 2 N–H and O–H groups in total. The lowest BCUT2D eigenvalue weighted by Gasteiger charge is -2.32. The van der Waals surface area contributed by atoms with E-state index in [1.807, 2.05) is 11.6 Å². The van der Waals surface area contributed by atoms with Crippen molar-refractivity contribution in [3.63, 3.8) is 0 Å². The largest absolute Gasteiger partial charge is 0.361 e. The van der Waals surface area contributed by atoms with Crippen LogP contribution in [0.1, 0.15) is 56.2 Å². The number of rotatable bonds is 11. The molecule has 0 amide bonds. The molecule has 0 radical (unpaired) electrons. The van der Waals surface area contributed by atoms with Crippen molar-refractivity contribution in [1.29, 1.82) is 0 Å². The van der Waals surface area contributed by atoms with Gasteiger partial charge in [-0.05, 0) is 75.8 Å². The highest BCUT2D eigenvalue weighted by Gasteiger charge is 2.18. The summed E-state index contributed by atoms with van der Waals surface area (Å²) >= 11 is 1.69. The number of aryl methyl sites for hydroxylation is 1. The van der Waals surface area contributed by atoms with Gasteiger partial charge < -0.3 is 15.5 Å². The zero-order valence-corrected chi connectivity index (χ0v) is 18.3. The maximum Gasteiger partial charge on any atom is 0.182 e. The van der Waals surface area contributed by atoms with Gasteiger partial charge in [0.15, 0.2) is 5.13 Å². The maximum atomic E-state index is 4.31. The lowest BCUT2D eigenvalue weighted by atomic mass is 9.96. The van der Waals surface area contributed by atoms with Crippen LogP contribution in [0.3, 0.4) is 0 Å². The topological polar surface area (TPSA) is 40.2 Å². The number of nitrogens with zero attached hydrogens (tertiary/aromatic N) is 2. The molecule has 1 aliphatic heterocycles. The fraction of sp³-hybridized carbons (Fsp3) is 0.609. The van der Waals surface area contributed by atoms with Gasteiger partial charge in [-0.2, -0.15) is 0 Å². The first kappa shape index (κ1) is 21.3. The Balaban J connectivity index is 1.32. The highest BCUT2D eigenvalue weighted by atomic mass is 32.1. The summed E-state index contributed by atoms with van der Waals surface area (Å²) in [5, 5.41) is 10.0. The second-order valence-corrected chi connectivity index (χ2v) is 8.87. The third-order valence-electron chi connectivity index (χ3n) is 5.93. The molecule has 3 rings (SSSR count). The number of aromatic nitrogens is 1. The maximum absolute atomic E-state index is 4.31. The summed E-state index contributed by atoms with van der Waals surface area (Å²) in [7, 11) is 2.06. The molecule has 0 saturated carbocycles. The summed E-state index contributed by atoms with van der Waals surface area (Å²) in [6.45, 7) is 7.02. The van der Waals surface area contributed by atoms with E-state index in [1.54, 1.807) is 11.3 Å². The van der Waals surface area contributed by atoms with E-state index in [2.05, 4.69) is 58.8 Å². The number of thiazole rings is 1. The van der Waals surface area contributed by atoms with Crippen LogP contribution in [-0.4, -0.2) is 43.1 Å². The fourth-order valence-electron chi connectivity index (χ4n) is 4.15. The first-order chi connectivity index (χ1) is 13.8. The Morgan fingerprint density at radius 1 is 1.21 bits per heavy atom. The van der Waals surface area contributed by atoms with Crippen LogP contribution in [0.5, 0.6) is 0 Å². The number of piperidine rings is 1. The third-order valence-corrected chi connectivity index (χ3v) is 6.66. The summed E-state index contributed by atoms with van der Waals surface area (Å²) in [4.78, 5) is 6.95. The highest BCUT2D eigenvalue weighted by molar-refractivity contribution is 7.13. The summed E-state index contributed by atoms with van der Waals surface area (Å²) < 4.78 is 0. The van der Waals surface area contributed by atoms with Crippen LogP contribution in [0, 0.1) is 5.92 Å². The van der Waals surface area contributed by atoms with Crippen LogP contribution in [0.25, 0.3) is 0 Å². The lowest BCUT2D eigenvalue weighted by molar-refractivity contribution is 0.188. The number of benzene rings is 1. The molecule has 1 unspecified atom stereocenters. The van der Waals surface area contributed by atoms with Gasteiger partial charge in [0, 0.05) is 24.2 Å². The quantitative estimate of drug-likeness (QED) is 0.559. The van der Waals surface area contributed by atoms with E-state index in [1.165, 1.54) is 69.3 Å². The Kier molecular flexibility index (Phi) is 8.77. The average molecular weight is 401 g/mol. The minimum atomic E-state index is 0.491. The standard InChI is InChI=1S/C23H36N4S/c1-3-5-22(24-2)21-9-7-19(8-10-21)6-4-14-27-15-11-20(12-16-27)18-26-23-25-13-17-28-23/h7-10,13,17,20,22,24H,3-6,11-12,14-16,18H2,1-2H3,(H,25,26). The Morgan fingerprint density at radius 3 is 2.64 bits per heavy atom. The number of nitrogens with one attached hydrogen (secondary N) is 2. The normalized spacial score (nSPS) is 16.9. The minimum absolute atomic E-state index is 0.491. The van der Waals surface area contributed by atoms with Gasteiger partial charge in [-0.3, -0.25) is 0 Å². The van der Waals surface area contributed by atoms with Crippen molar-refractivity contribution in [2.45, 2.75) is 51.5 Å². The van der Waals surface area contributed by atoms with E-state index in [9.17, 15) is 0 Å². The second kappa shape index (κ2) is 11.5. The molecule has 1 fully saturated rings. The van der Waals surface area contributed by atoms with Crippen LogP contribution in [0.2, 0.25) is 0 Å². The summed E-state index contributed by atoms with van der Waals surface area (Å²) in [6.07, 6.45) is 9.32. The Labute approximate surface area is 174 Å². The molecule has 0 bridgehead atoms. The Morgan fingerprint density at radius 2 is 2.00 bits per heavy atom. The molecule has 0 spiro atoms. The molecule has 154 valence electrons. The molecule has 0 aliphatic carbocycles. The molecule has 1 aromatic carbocycles. The monoisotopic (exact) mass is 400 g/mol. The minimum Gasteiger partial charge on any atom is -0.361 e. The molecular weight excluding hydrogens is 364 g/mol. The van der Waals surface area contributed by atoms with Crippen molar-refractivity contribution >= 4 is 16.5 Å². The average Bonchev–Trinajstić information content (AvgIpc) is 3.26. The van der Waals surface area contributed by atoms with Crippen LogP contribution in [0.15, 0.2) is 35.8 Å². The van der Waals surface area contributed by atoms with Crippen LogP contribution in [0.4, 0.5) is 5.13 Å². The van der Waals surface area contributed by atoms with E-state index in [-0.39, 0.29) is 0 Å². The number of hydrogen-bond acceptors (Lipinski definition) is 5. The smallest absolute Gasteiger partial charge is 0.182 e. The summed E-state index contributed by atoms with van der Waals surface area (Å²) in [6, 6.07) is 9.77. The lowest BCUT2D eigenvalue weighted by Crippen LogP contribution is -2.36. The zero-order chi connectivity index (χ0) is 19.6. The van der Waals surface area contributed by atoms with Gasteiger partial charge in [0.1, 0.15) is 0 Å². The molecule has 4 nitrogen and oxygen atoms in total. The third kappa shape index (κ3) is 6.57. The molecule has 5 heteroatoms. The number of likely N-dealkylation sites (tertiary alicyclic amines) is 1. The fourth-order valence-corrected chi connectivity index (χ4v) is 4.69. The second-order valence-electron chi connectivity index (χ2n) is 7.98. The molecule has 1 aliphatic rings. The molecule has 2 heterocycles. The van der Waals surface area contributed by atoms with E-state index >= 15 is 0 Å². The summed E-state index contributed by atoms with van der Waals surface area (Å²) in [5.74, 6) is 0.788. The predicted octanol–water partition coefficient (Wildman–Crippen LogP) is 4.96. The van der Waals surface area contributed by atoms with Crippen LogP contribution in [-0.2, 0) is 6.42 Å². The van der Waals surface area contributed by atoms with Crippen molar-refractivity contribution in [2.24, 2.45) is 5.92 Å². The highest BCUT2D eigenvalue weighted by Crippen LogP contribution is 2.21. The van der Waals surface area contributed by atoms with Gasteiger partial charge >= 0.3 is 0 Å². The van der Waals surface area contributed by atoms with Crippen molar-refractivity contribution in [3.8, 4) is 0 Å². The first-order valence-corrected chi connectivity index (χ1v) is 11.8. The zero-order valence-electron chi connectivity index (χ0n) is 17.5. The molecule has 28 heavy (non-hydrogen) atoms. The molecule has 2 aromatic rings. The first-order valence-electron chi connectivity index (χ1n) is 10.9. The van der Waals surface area contributed by atoms with Crippen molar-refractivity contribution in [1.82, 2.24) is 15.2 Å². The van der Waals surface area contributed by atoms with Gasteiger partial charge in [0.05, 0.1) is 0 Å². The van der Waals surface area contributed by atoms with Crippen molar-refractivity contribution in [3.05, 3.63) is 47.0 Å². The number of anilines is 1. The van der Waals surface area contributed by atoms with Crippen molar-refractivity contribution in [2.75, 3.05) is 38.5 Å². The Hall–Kier alpha value is -1.43. The van der Waals surface area contributed by atoms with E-state index in [0.717, 1.165) is 17.6 Å². The SMILES string of the molecule is CCCC(NC)c1ccc(CCCN2CCC(CNc3nccs3)CC2)cc1. The van der Waals surface area contributed by atoms with E-state index in [4.69, 9.17) is 0 Å². The van der Waals surface area contributed by atoms with Crippen LogP contribution >= 0.6 is 11.3 Å². The van der Waals surface area contributed by atoms with Gasteiger partial charge in [-0.25, -0.2) is 4.98 Å². The molecular formula is C23H36N4S. The van der Waals surface area contributed by atoms with E-state index < -0.39 is 0 Å². The molecule has 1 aromatic heterocycles. The Bertz CT molecular complexity index is 648. The molecule has 1 atom stereocenters. The van der Waals surface area contributed by atoms with Gasteiger partial charge in [-0.15, -0.1) is 11.3 Å². The van der Waals surface area contributed by atoms with E-state index in [0.29, 0.717) is 6.04 Å². The van der Waals surface area contributed by atoms with Crippen LogP contribution < -0.4 is 10.6 Å². The number of hydrogen-bond donors (Lipinski definition) is 2. The van der Waals surface area contributed by atoms with Crippen molar-refractivity contribution < 1.29 is 0 Å². The molecule has 1 saturated heterocycles.